The van der Waals surface area contributed by atoms with E-state index in [1.54, 1.807) is 10.4 Å². The minimum absolute atomic E-state index is 0.361. The van der Waals surface area contributed by atoms with Gasteiger partial charge in [-0.1, -0.05) is 6.07 Å². The number of rotatable bonds is 4. The summed E-state index contributed by atoms with van der Waals surface area (Å²) in [4.78, 5) is 0.361. The van der Waals surface area contributed by atoms with Crippen molar-refractivity contribution in [2.75, 3.05) is 19.6 Å². The summed E-state index contributed by atoms with van der Waals surface area (Å²) in [6, 6.07) is 5.35. The van der Waals surface area contributed by atoms with Crippen LogP contribution in [0, 0.1) is 12.8 Å². The van der Waals surface area contributed by atoms with Crippen LogP contribution in [0.25, 0.3) is 0 Å². The number of piperidine rings is 1. The fourth-order valence-electron chi connectivity index (χ4n) is 2.63. The molecule has 0 atom stereocenters. The topological polar surface area (TPSA) is 63.4 Å². The van der Waals surface area contributed by atoms with E-state index in [0.717, 1.165) is 24.8 Å². The third kappa shape index (κ3) is 3.42. The van der Waals surface area contributed by atoms with Crippen molar-refractivity contribution in [3.05, 3.63) is 28.2 Å². The lowest BCUT2D eigenvalue weighted by molar-refractivity contribution is 0.265. The Kier molecular flexibility index (Phi) is 5.23. The average Bonchev–Trinajstić information content (AvgIpc) is 2.39. The van der Waals surface area contributed by atoms with Crippen molar-refractivity contribution in [3.8, 4) is 0 Å². The molecule has 112 valence electrons. The lowest BCUT2D eigenvalue weighted by atomic mass is 9.95. The molecule has 2 rings (SSSR count). The minimum Gasteiger partial charge on any atom is -0.330 e. The number of hydrogen-bond donors (Lipinski definition) is 1. The first-order valence-corrected chi connectivity index (χ1v) is 9.15. The van der Waals surface area contributed by atoms with Crippen molar-refractivity contribution in [3.63, 3.8) is 0 Å². The smallest absolute Gasteiger partial charge is 0.244 e. The van der Waals surface area contributed by atoms with Crippen LogP contribution in [0.15, 0.2) is 27.6 Å². The zero-order chi connectivity index (χ0) is 14.8. The van der Waals surface area contributed by atoms with E-state index in [1.807, 2.05) is 19.1 Å². The molecule has 6 heteroatoms. The molecule has 1 saturated heterocycles. The predicted octanol–water partition coefficient (Wildman–Crippen LogP) is 2.51. The Morgan fingerprint density at radius 3 is 2.55 bits per heavy atom. The van der Waals surface area contributed by atoms with Crippen molar-refractivity contribution >= 4 is 26.0 Å². The molecule has 0 aliphatic carbocycles. The molecular weight excluding hydrogens is 340 g/mol. The summed E-state index contributed by atoms with van der Waals surface area (Å²) in [5.74, 6) is 0.563. The molecule has 0 radical (unpaired) electrons. The summed E-state index contributed by atoms with van der Waals surface area (Å²) in [6.07, 6.45) is 2.79. The molecule has 0 amide bonds. The number of nitrogens with two attached hydrogens (primary N) is 1. The van der Waals surface area contributed by atoms with Gasteiger partial charge in [-0.3, -0.25) is 0 Å². The molecule has 1 fully saturated rings. The Bertz CT molecular complexity index is 567. The SMILES string of the molecule is Cc1ccc(S(=O)(=O)N2CCC(CCN)CC2)c(Br)c1. The van der Waals surface area contributed by atoms with Crippen LogP contribution in [0.3, 0.4) is 0 Å². The van der Waals surface area contributed by atoms with Crippen molar-refractivity contribution < 1.29 is 8.42 Å². The van der Waals surface area contributed by atoms with Crippen LogP contribution >= 0.6 is 15.9 Å². The van der Waals surface area contributed by atoms with Crippen molar-refractivity contribution in [1.82, 2.24) is 4.31 Å². The molecule has 2 N–H and O–H groups in total. The van der Waals surface area contributed by atoms with Gasteiger partial charge in [-0.05, 0) is 72.3 Å². The van der Waals surface area contributed by atoms with Gasteiger partial charge in [-0.15, -0.1) is 0 Å². The number of hydrogen-bond acceptors (Lipinski definition) is 3. The molecule has 1 heterocycles. The van der Waals surface area contributed by atoms with Crippen LogP contribution in [-0.4, -0.2) is 32.4 Å². The van der Waals surface area contributed by atoms with Gasteiger partial charge in [0.1, 0.15) is 0 Å². The number of benzene rings is 1. The van der Waals surface area contributed by atoms with Crippen LogP contribution in [0.1, 0.15) is 24.8 Å². The van der Waals surface area contributed by atoms with Gasteiger partial charge in [-0.2, -0.15) is 4.31 Å². The van der Waals surface area contributed by atoms with E-state index in [1.165, 1.54) is 0 Å². The summed E-state index contributed by atoms with van der Waals surface area (Å²) < 4.78 is 27.5. The first-order chi connectivity index (χ1) is 9.45. The number of halogens is 1. The van der Waals surface area contributed by atoms with E-state index in [4.69, 9.17) is 5.73 Å². The molecule has 1 aromatic carbocycles. The summed E-state index contributed by atoms with van der Waals surface area (Å²) in [5, 5.41) is 0. The molecule has 4 nitrogen and oxygen atoms in total. The largest absolute Gasteiger partial charge is 0.330 e. The molecule has 1 aliphatic rings. The second-order valence-corrected chi connectivity index (χ2v) is 8.12. The van der Waals surface area contributed by atoms with E-state index in [-0.39, 0.29) is 0 Å². The highest BCUT2D eigenvalue weighted by Crippen LogP contribution is 2.29. The zero-order valence-corrected chi connectivity index (χ0v) is 14.1. The Labute approximate surface area is 129 Å². The Balaban J connectivity index is 2.15. The van der Waals surface area contributed by atoms with Crippen molar-refractivity contribution in [2.45, 2.75) is 31.1 Å². The number of nitrogens with zero attached hydrogens (tertiary/aromatic N) is 1. The van der Waals surface area contributed by atoms with Crippen LogP contribution in [0.5, 0.6) is 0 Å². The maximum absolute atomic E-state index is 12.7. The monoisotopic (exact) mass is 360 g/mol. The Morgan fingerprint density at radius 2 is 2.00 bits per heavy atom. The highest BCUT2D eigenvalue weighted by molar-refractivity contribution is 9.10. The molecule has 0 unspecified atom stereocenters. The lowest BCUT2D eigenvalue weighted by Gasteiger charge is -2.31. The molecule has 0 aromatic heterocycles. The van der Waals surface area contributed by atoms with Gasteiger partial charge in [0.15, 0.2) is 0 Å². The van der Waals surface area contributed by atoms with Crippen molar-refractivity contribution in [1.29, 1.82) is 0 Å². The third-order valence-corrected chi connectivity index (χ3v) is 6.73. The van der Waals surface area contributed by atoms with Gasteiger partial charge in [0.05, 0.1) is 4.90 Å². The van der Waals surface area contributed by atoms with E-state index in [0.29, 0.717) is 34.9 Å². The van der Waals surface area contributed by atoms with Crippen LogP contribution in [-0.2, 0) is 10.0 Å². The van der Waals surface area contributed by atoms with Gasteiger partial charge in [0.25, 0.3) is 0 Å². The highest BCUT2D eigenvalue weighted by Gasteiger charge is 2.30. The number of sulfonamides is 1. The number of aryl methyl sites for hydroxylation is 1. The fraction of sp³-hybridized carbons (Fsp3) is 0.571. The van der Waals surface area contributed by atoms with Crippen LogP contribution in [0.4, 0.5) is 0 Å². The third-order valence-electron chi connectivity index (χ3n) is 3.85. The molecule has 0 bridgehead atoms. The average molecular weight is 361 g/mol. The molecule has 1 aliphatic heterocycles. The van der Waals surface area contributed by atoms with Gasteiger partial charge in [-0.25, -0.2) is 8.42 Å². The van der Waals surface area contributed by atoms with Gasteiger partial charge >= 0.3 is 0 Å². The quantitative estimate of drug-likeness (QED) is 0.896. The molecule has 20 heavy (non-hydrogen) atoms. The Morgan fingerprint density at radius 1 is 1.35 bits per heavy atom. The summed E-state index contributed by atoms with van der Waals surface area (Å²) in [5.41, 5.74) is 6.61. The molecule has 1 aromatic rings. The second-order valence-electron chi connectivity index (χ2n) is 5.36. The predicted molar refractivity (Wildman–Crippen MR) is 84.0 cm³/mol. The summed E-state index contributed by atoms with van der Waals surface area (Å²) in [7, 11) is -3.39. The van der Waals surface area contributed by atoms with E-state index in [9.17, 15) is 8.42 Å². The zero-order valence-electron chi connectivity index (χ0n) is 11.7. The van der Waals surface area contributed by atoms with Crippen LogP contribution < -0.4 is 5.73 Å². The maximum Gasteiger partial charge on any atom is 0.244 e. The van der Waals surface area contributed by atoms with E-state index in [2.05, 4.69) is 15.9 Å². The van der Waals surface area contributed by atoms with Crippen LogP contribution in [0.2, 0.25) is 0 Å². The lowest BCUT2D eigenvalue weighted by Crippen LogP contribution is -2.38. The minimum atomic E-state index is -3.39. The van der Waals surface area contributed by atoms with Gasteiger partial charge in [0, 0.05) is 17.6 Å². The Hall–Kier alpha value is -0.430. The normalized spacial score (nSPS) is 18.4. The summed E-state index contributed by atoms with van der Waals surface area (Å²) in [6.45, 7) is 3.81. The van der Waals surface area contributed by atoms with Crippen molar-refractivity contribution in [2.24, 2.45) is 11.7 Å². The highest BCUT2D eigenvalue weighted by atomic mass is 79.9. The molecule has 0 spiro atoms. The molecular formula is C14H21BrN2O2S. The van der Waals surface area contributed by atoms with Gasteiger partial charge in [0.2, 0.25) is 10.0 Å². The second kappa shape index (κ2) is 6.56. The maximum atomic E-state index is 12.7. The first-order valence-electron chi connectivity index (χ1n) is 6.91. The van der Waals surface area contributed by atoms with Gasteiger partial charge < -0.3 is 5.73 Å². The fourth-order valence-corrected chi connectivity index (χ4v) is 5.25. The van der Waals surface area contributed by atoms with E-state index < -0.39 is 10.0 Å². The first kappa shape index (κ1) is 15.9. The van der Waals surface area contributed by atoms with E-state index >= 15 is 0 Å². The standard InChI is InChI=1S/C14H21BrN2O2S/c1-11-2-3-14(13(15)10-11)20(18,19)17-8-5-12(4-7-16)6-9-17/h2-3,10,12H,4-9,16H2,1H3. The summed E-state index contributed by atoms with van der Waals surface area (Å²) >= 11 is 3.36. The molecule has 0 saturated carbocycles.